The molecule has 0 radical (unpaired) electrons. The lowest BCUT2D eigenvalue weighted by Crippen LogP contribution is -2.47. The maximum Gasteiger partial charge on any atom is 0.255 e. The van der Waals surface area contributed by atoms with Gasteiger partial charge in [0.1, 0.15) is 0 Å². The first-order valence-electron chi connectivity index (χ1n) is 10.1. The van der Waals surface area contributed by atoms with Crippen molar-refractivity contribution in [3.8, 4) is 0 Å². The maximum atomic E-state index is 13.2. The molecule has 2 aliphatic heterocycles. The van der Waals surface area contributed by atoms with Crippen LogP contribution < -0.4 is 5.56 Å². The van der Waals surface area contributed by atoms with Gasteiger partial charge in [0.05, 0.1) is 5.51 Å². The molecule has 0 spiro atoms. The Bertz CT molecular complexity index is 1010. The summed E-state index contributed by atoms with van der Waals surface area (Å²) in [5, 5.41) is 6.98. The van der Waals surface area contributed by atoms with E-state index in [0.717, 1.165) is 44.0 Å². The van der Waals surface area contributed by atoms with E-state index in [2.05, 4.69) is 35.6 Å². The Morgan fingerprint density at radius 2 is 2.17 bits per heavy atom. The number of hydrogen-bond donors (Lipinski definition) is 1. The van der Waals surface area contributed by atoms with Crippen LogP contribution in [-0.2, 0) is 26.2 Å². The first-order chi connectivity index (χ1) is 14.2. The second-order valence-corrected chi connectivity index (χ2v) is 9.38. The van der Waals surface area contributed by atoms with E-state index in [1.54, 1.807) is 17.5 Å². The highest BCUT2D eigenvalue weighted by Crippen LogP contribution is 2.35. The third kappa shape index (κ3) is 3.92. The van der Waals surface area contributed by atoms with Gasteiger partial charge in [0, 0.05) is 79.4 Å². The highest BCUT2D eigenvalue weighted by molar-refractivity contribution is 7.09. The number of piperidine rings is 1. The zero-order valence-electron chi connectivity index (χ0n) is 16.6. The van der Waals surface area contributed by atoms with Crippen molar-refractivity contribution >= 4 is 11.3 Å². The second-order valence-electron chi connectivity index (χ2n) is 8.41. The van der Waals surface area contributed by atoms with Crippen LogP contribution in [0, 0.1) is 5.92 Å². The maximum absolute atomic E-state index is 13.2. The van der Waals surface area contributed by atoms with Gasteiger partial charge < -0.3 is 4.57 Å². The second kappa shape index (κ2) is 7.85. The summed E-state index contributed by atoms with van der Waals surface area (Å²) in [6.45, 7) is 5.28. The highest BCUT2D eigenvalue weighted by atomic mass is 32.1. The van der Waals surface area contributed by atoms with Crippen LogP contribution in [0.5, 0.6) is 0 Å². The molecule has 0 aliphatic carbocycles. The molecule has 152 valence electrons. The monoisotopic (exact) mass is 410 g/mol. The number of H-pyrrole nitrogens is 1. The number of rotatable bonds is 6. The van der Waals surface area contributed by atoms with Crippen molar-refractivity contribution < 1.29 is 0 Å². The van der Waals surface area contributed by atoms with Crippen LogP contribution in [0.4, 0.5) is 0 Å². The molecule has 5 rings (SSSR count). The molecule has 1 fully saturated rings. The van der Waals surface area contributed by atoms with Gasteiger partial charge in [0.2, 0.25) is 0 Å². The fourth-order valence-corrected chi connectivity index (χ4v) is 5.53. The van der Waals surface area contributed by atoms with Gasteiger partial charge in [-0.05, 0) is 31.5 Å². The van der Waals surface area contributed by atoms with Gasteiger partial charge in [-0.1, -0.05) is 6.07 Å². The van der Waals surface area contributed by atoms with Crippen LogP contribution in [0.15, 0.2) is 40.9 Å². The number of aromatic amines is 1. The number of aromatic nitrogens is 4. The number of thiazole rings is 1. The van der Waals surface area contributed by atoms with Crippen molar-refractivity contribution in [1.29, 1.82) is 0 Å². The molecule has 2 aliphatic rings. The molecule has 0 saturated carbocycles. The Balaban J connectivity index is 1.32. The lowest BCUT2D eigenvalue weighted by Gasteiger charge is -2.42. The Morgan fingerprint density at radius 3 is 2.97 bits per heavy atom. The van der Waals surface area contributed by atoms with E-state index in [4.69, 9.17) is 0 Å². The molecule has 0 amide bonds. The van der Waals surface area contributed by atoms with Gasteiger partial charge in [-0.15, -0.1) is 11.3 Å². The van der Waals surface area contributed by atoms with Crippen molar-refractivity contribution in [2.45, 2.75) is 38.5 Å². The first kappa shape index (κ1) is 18.7. The lowest BCUT2D eigenvalue weighted by atomic mass is 9.83. The fourth-order valence-electron chi connectivity index (χ4n) is 4.89. The van der Waals surface area contributed by atoms with Crippen molar-refractivity contribution in [2.75, 3.05) is 20.1 Å². The van der Waals surface area contributed by atoms with Gasteiger partial charge >= 0.3 is 0 Å². The predicted octanol–water partition coefficient (Wildman–Crippen LogP) is 2.28. The molecule has 5 heterocycles. The smallest absolute Gasteiger partial charge is 0.255 e. The Labute approximate surface area is 174 Å². The van der Waals surface area contributed by atoms with Crippen LogP contribution in [0.1, 0.15) is 34.2 Å². The molecule has 0 unspecified atom stereocenters. The quantitative estimate of drug-likeness (QED) is 0.675. The number of pyridine rings is 1. The third-order valence-corrected chi connectivity index (χ3v) is 6.82. The summed E-state index contributed by atoms with van der Waals surface area (Å²) in [5.74, 6) is 0.990. The van der Waals surface area contributed by atoms with E-state index >= 15 is 0 Å². The summed E-state index contributed by atoms with van der Waals surface area (Å²) in [7, 11) is 2.04. The molecular weight excluding hydrogens is 384 g/mol. The summed E-state index contributed by atoms with van der Waals surface area (Å²) in [6, 6.07) is 6.20. The van der Waals surface area contributed by atoms with E-state index in [1.165, 1.54) is 17.0 Å². The average molecular weight is 411 g/mol. The summed E-state index contributed by atoms with van der Waals surface area (Å²) in [5.41, 5.74) is 5.23. The van der Waals surface area contributed by atoms with E-state index in [1.807, 2.05) is 30.9 Å². The van der Waals surface area contributed by atoms with E-state index < -0.39 is 0 Å². The molecular formula is C21H26N6OS. The van der Waals surface area contributed by atoms with Crippen molar-refractivity contribution in [3.05, 3.63) is 68.3 Å². The molecule has 1 saturated heterocycles. The standard InChI is InChI=1S/C21H26N6OS/c1-25(12-18-4-5-23-24-18)10-16-2-3-20-17-6-15(9-27(20)21(16)28)8-26(11-17)13-19-7-22-14-29-19/h2-5,7,14-15,17H,6,8-13H2,1H3,(H,23,24)/t15-,17+/m0/s1. The minimum atomic E-state index is 0.185. The number of likely N-dealkylation sites (tertiary alicyclic amines) is 1. The van der Waals surface area contributed by atoms with E-state index in [9.17, 15) is 4.79 Å². The van der Waals surface area contributed by atoms with Crippen molar-refractivity contribution in [2.24, 2.45) is 5.92 Å². The average Bonchev–Trinajstić information content (AvgIpc) is 3.39. The predicted molar refractivity (Wildman–Crippen MR) is 113 cm³/mol. The minimum absolute atomic E-state index is 0.185. The molecule has 3 aromatic rings. The van der Waals surface area contributed by atoms with Crippen LogP contribution in [0.2, 0.25) is 0 Å². The number of nitrogens with one attached hydrogen (secondary N) is 1. The van der Waals surface area contributed by atoms with Crippen LogP contribution in [-0.4, -0.2) is 49.7 Å². The van der Waals surface area contributed by atoms with Gasteiger partial charge in [-0.3, -0.25) is 24.7 Å². The van der Waals surface area contributed by atoms with Crippen molar-refractivity contribution in [1.82, 2.24) is 29.5 Å². The summed E-state index contributed by atoms with van der Waals surface area (Å²) in [4.78, 5) is 23.4. The number of nitrogens with zero attached hydrogens (tertiary/aromatic N) is 5. The zero-order valence-corrected chi connectivity index (χ0v) is 17.4. The third-order valence-electron chi connectivity index (χ3n) is 6.06. The summed E-state index contributed by atoms with van der Waals surface area (Å²) < 4.78 is 2.06. The van der Waals surface area contributed by atoms with Gasteiger partial charge in [-0.25, -0.2) is 0 Å². The molecule has 7 nitrogen and oxygen atoms in total. The minimum Gasteiger partial charge on any atom is -0.312 e. The van der Waals surface area contributed by atoms with Gasteiger partial charge in [-0.2, -0.15) is 5.10 Å². The Kier molecular flexibility index (Phi) is 5.07. The first-order valence-corrected chi connectivity index (χ1v) is 11.0. The molecule has 0 aromatic carbocycles. The normalized spacial score (nSPS) is 21.4. The molecule has 3 aromatic heterocycles. The fraction of sp³-hybridized carbons (Fsp3) is 0.476. The molecule has 29 heavy (non-hydrogen) atoms. The largest absolute Gasteiger partial charge is 0.312 e. The molecule has 2 atom stereocenters. The topological polar surface area (TPSA) is 70.1 Å². The van der Waals surface area contributed by atoms with Gasteiger partial charge in [0.15, 0.2) is 0 Å². The Morgan fingerprint density at radius 1 is 1.24 bits per heavy atom. The summed E-state index contributed by atoms with van der Waals surface area (Å²) >= 11 is 1.72. The molecule has 8 heteroatoms. The summed E-state index contributed by atoms with van der Waals surface area (Å²) in [6.07, 6.45) is 4.92. The number of hydrogen-bond acceptors (Lipinski definition) is 6. The Hall–Kier alpha value is -2.29. The van der Waals surface area contributed by atoms with Crippen LogP contribution >= 0.6 is 11.3 Å². The molecule has 1 N–H and O–H groups in total. The van der Waals surface area contributed by atoms with Gasteiger partial charge in [0.25, 0.3) is 5.56 Å². The van der Waals surface area contributed by atoms with E-state index in [0.29, 0.717) is 18.4 Å². The lowest BCUT2D eigenvalue weighted by molar-refractivity contribution is 0.115. The number of fused-ring (bicyclic) bond motifs is 4. The van der Waals surface area contributed by atoms with E-state index in [-0.39, 0.29) is 5.56 Å². The highest BCUT2D eigenvalue weighted by Gasteiger charge is 2.35. The zero-order chi connectivity index (χ0) is 19.8. The van der Waals surface area contributed by atoms with Crippen LogP contribution in [0.25, 0.3) is 0 Å². The van der Waals surface area contributed by atoms with Crippen molar-refractivity contribution in [3.63, 3.8) is 0 Å². The molecule has 2 bridgehead atoms. The van der Waals surface area contributed by atoms with Crippen LogP contribution in [0.3, 0.4) is 0 Å². The SMILES string of the molecule is CN(Cc1ccn[nH]1)Cc1ccc2n(c1=O)C[C@H]1C[C@@H]2CN(Cc2cncs2)C1.